The minimum absolute atomic E-state index is 0.186. The third kappa shape index (κ3) is 3.34. The van der Waals surface area contributed by atoms with E-state index >= 15 is 0 Å². The third-order valence-electron chi connectivity index (χ3n) is 2.82. The molecule has 3 N–H and O–H groups in total. The van der Waals surface area contributed by atoms with Crippen LogP contribution in [0.25, 0.3) is 0 Å². The first-order chi connectivity index (χ1) is 9.10. The van der Waals surface area contributed by atoms with E-state index in [-0.39, 0.29) is 5.91 Å². The van der Waals surface area contributed by atoms with Gasteiger partial charge in [-0.05, 0) is 42.3 Å². The molecule has 0 fully saturated rings. The number of aryl methyl sites for hydroxylation is 1. The molecule has 0 spiro atoms. The van der Waals surface area contributed by atoms with Gasteiger partial charge in [0.25, 0.3) is 5.91 Å². The van der Waals surface area contributed by atoms with Gasteiger partial charge in [-0.3, -0.25) is 4.79 Å². The van der Waals surface area contributed by atoms with E-state index in [1.807, 2.05) is 31.2 Å². The van der Waals surface area contributed by atoms with E-state index < -0.39 is 0 Å². The number of nitrogens with one attached hydrogen (secondary N) is 1. The summed E-state index contributed by atoms with van der Waals surface area (Å²) in [5.74, 6) is -0.186. The van der Waals surface area contributed by atoms with Gasteiger partial charge in [-0.25, -0.2) is 0 Å². The SMILES string of the molecule is Cc1ccc(NC(=O)c2ccc(CN)cc2)c(Cl)c1. The smallest absolute Gasteiger partial charge is 0.255 e. The molecule has 0 unspecified atom stereocenters. The summed E-state index contributed by atoms with van der Waals surface area (Å²) in [7, 11) is 0. The maximum Gasteiger partial charge on any atom is 0.255 e. The molecule has 98 valence electrons. The largest absolute Gasteiger partial charge is 0.326 e. The molecule has 0 atom stereocenters. The molecular weight excluding hydrogens is 260 g/mol. The van der Waals surface area contributed by atoms with Gasteiger partial charge >= 0.3 is 0 Å². The molecule has 1 amide bonds. The Labute approximate surface area is 117 Å². The van der Waals surface area contributed by atoms with Crippen LogP contribution in [0.2, 0.25) is 5.02 Å². The fourth-order valence-corrected chi connectivity index (χ4v) is 1.99. The van der Waals surface area contributed by atoms with Gasteiger partial charge in [-0.2, -0.15) is 0 Å². The monoisotopic (exact) mass is 274 g/mol. The van der Waals surface area contributed by atoms with Crippen molar-refractivity contribution in [1.82, 2.24) is 0 Å². The summed E-state index contributed by atoms with van der Waals surface area (Å²) in [6.07, 6.45) is 0. The third-order valence-corrected chi connectivity index (χ3v) is 3.14. The van der Waals surface area contributed by atoms with Crippen molar-refractivity contribution in [3.63, 3.8) is 0 Å². The maximum absolute atomic E-state index is 12.0. The Balaban J connectivity index is 2.15. The van der Waals surface area contributed by atoms with Crippen molar-refractivity contribution >= 4 is 23.2 Å². The summed E-state index contributed by atoms with van der Waals surface area (Å²) >= 11 is 6.08. The normalized spacial score (nSPS) is 10.3. The molecule has 0 saturated carbocycles. The molecule has 0 aromatic heterocycles. The van der Waals surface area contributed by atoms with Crippen LogP contribution < -0.4 is 11.1 Å². The average molecular weight is 275 g/mol. The van der Waals surface area contributed by atoms with Crippen LogP contribution in [-0.2, 0) is 6.54 Å². The quantitative estimate of drug-likeness (QED) is 0.902. The molecule has 0 heterocycles. The lowest BCUT2D eigenvalue weighted by molar-refractivity contribution is 0.102. The summed E-state index contributed by atoms with van der Waals surface area (Å²) in [4.78, 5) is 12.0. The van der Waals surface area contributed by atoms with Crippen LogP contribution in [0.5, 0.6) is 0 Å². The van der Waals surface area contributed by atoms with Crippen LogP contribution in [0.4, 0.5) is 5.69 Å². The molecule has 0 aliphatic heterocycles. The van der Waals surface area contributed by atoms with Crippen LogP contribution >= 0.6 is 11.6 Å². The first kappa shape index (κ1) is 13.6. The van der Waals surface area contributed by atoms with Crippen molar-refractivity contribution < 1.29 is 4.79 Å². The average Bonchev–Trinajstić information content (AvgIpc) is 2.42. The molecule has 19 heavy (non-hydrogen) atoms. The van der Waals surface area contributed by atoms with Gasteiger partial charge in [0.2, 0.25) is 0 Å². The Morgan fingerprint density at radius 2 is 1.89 bits per heavy atom. The second-order valence-electron chi connectivity index (χ2n) is 4.34. The second-order valence-corrected chi connectivity index (χ2v) is 4.75. The van der Waals surface area contributed by atoms with Gasteiger partial charge in [0, 0.05) is 12.1 Å². The van der Waals surface area contributed by atoms with Gasteiger partial charge in [-0.15, -0.1) is 0 Å². The number of hydrogen-bond acceptors (Lipinski definition) is 2. The van der Waals surface area contributed by atoms with Crippen molar-refractivity contribution in [3.8, 4) is 0 Å². The van der Waals surface area contributed by atoms with Gasteiger partial charge < -0.3 is 11.1 Å². The van der Waals surface area contributed by atoms with Crippen molar-refractivity contribution in [2.24, 2.45) is 5.73 Å². The molecule has 0 saturated heterocycles. The van der Waals surface area contributed by atoms with E-state index in [2.05, 4.69) is 5.32 Å². The van der Waals surface area contributed by atoms with E-state index in [0.717, 1.165) is 11.1 Å². The van der Waals surface area contributed by atoms with Gasteiger partial charge in [0.15, 0.2) is 0 Å². The van der Waals surface area contributed by atoms with Crippen LogP contribution in [-0.4, -0.2) is 5.91 Å². The highest BCUT2D eigenvalue weighted by atomic mass is 35.5. The lowest BCUT2D eigenvalue weighted by Crippen LogP contribution is -2.12. The Morgan fingerprint density at radius 3 is 2.47 bits per heavy atom. The molecular formula is C15H15ClN2O. The standard InChI is InChI=1S/C15H15ClN2O/c1-10-2-7-14(13(16)8-10)18-15(19)12-5-3-11(9-17)4-6-12/h2-8H,9,17H2,1H3,(H,18,19). The van der Waals surface area contributed by atoms with Crippen LogP contribution in [0, 0.1) is 6.92 Å². The fourth-order valence-electron chi connectivity index (χ4n) is 1.71. The fraction of sp³-hybridized carbons (Fsp3) is 0.133. The van der Waals surface area contributed by atoms with Crippen LogP contribution in [0.1, 0.15) is 21.5 Å². The number of anilines is 1. The number of rotatable bonds is 3. The van der Waals surface area contributed by atoms with Crippen LogP contribution in [0.15, 0.2) is 42.5 Å². The number of benzene rings is 2. The van der Waals surface area contributed by atoms with E-state index in [4.69, 9.17) is 17.3 Å². The van der Waals surface area contributed by atoms with Gasteiger partial charge in [0.05, 0.1) is 10.7 Å². The van der Waals surface area contributed by atoms with Crippen molar-refractivity contribution in [3.05, 3.63) is 64.2 Å². The first-order valence-electron chi connectivity index (χ1n) is 5.96. The molecule has 0 aliphatic rings. The van der Waals surface area contributed by atoms with E-state index in [1.54, 1.807) is 18.2 Å². The molecule has 4 heteroatoms. The number of hydrogen-bond donors (Lipinski definition) is 2. The zero-order valence-corrected chi connectivity index (χ0v) is 11.4. The summed E-state index contributed by atoms with van der Waals surface area (Å²) in [6.45, 7) is 2.41. The molecule has 2 aromatic rings. The van der Waals surface area contributed by atoms with Crippen molar-refractivity contribution in [1.29, 1.82) is 0 Å². The molecule has 2 aromatic carbocycles. The Bertz CT molecular complexity index is 594. The highest BCUT2D eigenvalue weighted by Crippen LogP contribution is 2.23. The molecule has 0 radical (unpaired) electrons. The molecule has 3 nitrogen and oxygen atoms in total. The maximum atomic E-state index is 12.0. The number of carbonyl (C=O) groups excluding carboxylic acids is 1. The van der Waals surface area contributed by atoms with Crippen molar-refractivity contribution in [2.45, 2.75) is 13.5 Å². The lowest BCUT2D eigenvalue weighted by Gasteiger charge is -2.08. The number of amides is 1. The number of halogens is 1. The highest BCUT2D eigenvalue weighted by Gasteiger charge is 2.08. The second kappa shape index (κ2) is 5.87. The number of nitrogens with two attached hydrogens (primary N) is 1. The topological polar surface area (TPSA) is 55.1 Å². The predicted molar refractivity (Wildman–Crippen MR) is 78.5 cm³/mol. The van der Waals surface area contributed by atoms with E-state index in [9.17, 15) is 4.79 Å². The molecule has 2 rings (SSSR count). The first-order valence-corrected chi connectivity index (χ1v) is 6.34. The Morgan fingerprint density at radius 1 is 1.21 bits per heavy atom. The highest BCUT2D eigenvalue weighted by molar-refractivity contribution is 6.34. The van der Waals surface area contributed by atoms with Gasteiger partial charge in [-0.1, -0.05) is 29.8 Å². The van der Waals surface area contributed by atoms with Gasteiger partial charge in [0.1, 0.15) is 0 Å². The summed E-state index contributed by atoms with van der Waals surface area (Å²) < 4.78 is 0. The Hall–Kier alpha value is -1.84. The summed E-state index contributed by atoms with van der Waals surface area (Å²) in [6, 6.07) is 12.7. The molecule has 0 aliphatic carbocycles. The van der Waals surface area contributed by atoms with E-state index in [1.165, 1.54) is 0 Å². The minimum Gasteiger partial charge on any atom is -0.326 e. The van der Waals surface area contributed by atoms with Crippen molar-refractivity contribution in [2.75, 3.05) is 5.32 Å². The minimum atomic E-state index is -0.186. The van der Waals surface area contributed by atoms with Crippen LogP contribution in [0.3, 0.4) is 0 Å². The Kier molecular flexibility index (Phi) is 4.20. The summed E-state index contributed by atoms with van der Waals surface area (Å²) in [5, 5.41) is 3.32. The van der Waals surface area contributed by atoms with E-state index in [0.29, 0.717) is 22.8 Å². The lowest BCUT2D eigenvalue weighted by atomic mass is 10.1. The number of carbonyl (C=O) groups is 1. The zero-order valence-electron chi connectivity index (χ0n) is 10.6. The summed E-state index contributed by atoms with van der Waals surface area (Å²) in [5.41, 5.74) is 8.75. The predicted octanol–water partition coefficient (Wildman–Crippen LogP) is 3.36. The zero-order chi connectivity index (χ0) is 13.8. The molecule has 0 bridgehead atoms.